The van der Waals surface area contributed by atoms with Crippen molar-refractivity contribution in [3.63, 3.8) is 0 Å². The maximum absolute atomic E-state index is 12.5. The second kappa shape index (κ2) is 7.21. The summed E-state index contributed by atoms with van der Waals surface area (Å²) < 4.78 is 7.45. The Labute approximate surface area is 148 Å². The standard InChI is InChI=1S/C18H25N5O2/c1-5-23-16(9-13(3)21-23)18(24)25-15-7-6-8-22(11-15)17-10-12(2)19-14(4)20-17/h9-10,15H,5-8,11H2,1-4H3. The first-order valence-electron chi connectivity index (χ1n) is 8.79. The van der Waals surface area contributed by atoms with Gasteiger partial charge in [0, 0.05) is 24.8 Å². The molecule has 7 nitrogen and oxygen atoms in total. The van der Waals surface area contributed by atoms with Gasteiger partial charge in [-0.15, -0.1) is 0 Å². The number of aromatic nitrogens is 4. The predicted octanol–water partition coefficient (Wildman–Crippen LogP) is 2.44. The predicted molar refractivity (Wildman–Crippen MR) is 94.8 cm³/mol. The Kier molecular flexibility index (Phi) is 5.01. The molecule has 1 aliphatic rings. The molecule has 1 aliphatic heterocycles. The number of carbonyl (C=O) groups excluding carboxylic acids is 1. The third kappa shape index (κ3) is 3.97. The Morgan fingerprint density at radius 1 is 1.24 bits per heavy atom. The summed E-state index contributed by atoms with van der Waals surface area (Å²) in [6, 6.07) is 3.76. The Balaban J connectivity index is 1.70. The molecular weight excluding hydrogens is 318 g/mol. The summed E-state index contributed by atoms with van der Waals surface area (Å²) in [5, 5.41) is 4.31. The van der Waals surface area contributed by atoms with Crippen LogP contribution in [0, 0.1) is 20.8 Å². The highest BCUT2D eigenvalue weighted by molar-refractivity contribution is 5.87. The van der Waals surface area contributed by atoms with Crippen LogP contribution in [0.3, 0.4) is 0 Å². The zero-order valence-corrected chi connectivity index (χ0v) is 15.3. The van der Waals surface area contributed by atoms with E-state index in [1.165, 1.54) is 0 Å². The summed E-state index contributed by atoms with van der Waals surface area (Å²) in [6.45, 7) is 9.92. The topological polar surface area (TPSA) is 73.1 Å². The van der Waals surface area contributed by atoms with E-state index in [4.69, 9.17) is 4.74 Å². The fourth-order valence-corrected chi connectivity index (χ4v) is 3.26. The smallest absolute Gasteiger partial charge is 0.356 e. The van der Waals surface area contributed by atoms with E-state index >= 15 is 0 Å². The fraction of sp³-hybridized carbons (Fsp3) is 0.556. The van der Waals surface area contributed by atoms with E-state index in [-0.39, 0.29) is 12.1 Å². The van der Waals surface area contributed by atoms with Gasteiger partial charge in [0.15, 0.2) is 0 Å². The molecule has 0 saturated carbocycles. The summed E-state index contributed by atoms with van der Waals surface area (Å²) in [5.74, 6) is 1.36. The van der Waals surface area contributed by atoms with Crippen molar-refractivity contribution in [2.45, 2.75) is 53.2 Å². The molecule has 0 radical (unpaired) electrons. The number of anilines is 1. The van der Waals surface area contributed by atoms with E-state index in [9.17, 15) is 4.79 Å². The van der Waals surface area contributed by atoms with Gasteiger partial charge in [-0.1, -0.05) is 0 Å². The van der Waals surface area contributed by atoms with Crippen LogP contribution in [0.1, 0.15) is 47.5 Å². The van der Waals surface area contributed by atoms with Crippen LogP contribution in [-0.4, -0.2) is 44.9 Å². The van der Waals surface area contributed by atoms with Gasteiger partial charge in [0.2, 0.25) is 0 Å². The molecule has 7 heteroatoms. The van der Waals surface area contributed by atoms with Crippen LogP contribution in [0.2, 0.25) is 0 Å². The molecule has 0 spiro atoms. The molecule has 0 bridgehead atoms. The maximum atomic E-state index is 12.5. The SMILES string of the molecule is CCn1nc(C)cc1C(=O)OC1CCCN(c2cc(C)nc(C)n2)C1. The normalized spacial score (nSPS) is 17.6. The third-order valence-electron chi connectivity index (χ3n) is 4.34. The van der Waals surface area contributed by atoms with Crippen LogP contribution in [0.5, 0.6) is 0 Å². The molecule has 1 fully saturated rings. The number of nitrogens with zero attached hydrogens (tertiary/aromatic N) is 5. The van der Waals surface area contributed by atoms with E-state index in [0.717, 1.165) is 42.4 Å². The van der Waals surface area contributed by atoms with E-state index in [1.54, 1.807) is 10.7 Å². The quantitative estimate of drug-likeness (QED) is 0.794. The second-order valence-corrected chi connectivity index (χ2v) is 6.52. The largest absolute Gasteiger partial charge is 0.456 e. The van der Waals surface area contributed by atoms with Crippen molar-refractivity contribution in [1.29, 1.82) is 0 Å². The highest BCUT2D eigenvalue weighted by Gasteiger charge is 2.26. The number of hydrogen-bond acceptors (Lipinski definition) is 6. The minimum Gasteiger partial charge on any atom is -0.456 e. The monoisotopic (exact) mass is 343 g/mol. The molecule has 0 aliphatic carbocycles. The summed E-state index contributed by atoms with van der Waals surface area (Å²) in [7, 11) is 0. The van der Waals surface area contributed by atoms with Gasteiger partial charge in [-0.25, -0.2) is 14.8 Å². The van der Waals surface area contributed by atoms with Crippen molar-refractivity contribution in [3.05, 3.63) is 35.0 Å². The van der Waals surface area contributed by atoms with Crippen molar-refractivity contribution < 1.29 is 9.53 Å². The van der Waals surface area contributed by atoms with Crippen molar-refractivity contribution in [1.82, 2.24) is 19.7 Å². The number of rotatable bonds is 4. The molecule has 134 valence electrons. The lowest BCUT2D eigenvalue weighted by Crippen LogP contribution is -2.41. The lowest BCUT2D eigenvalue weighted by atomic mass is 10.1. The van der Waals surface area contributed by atoms with Gasteiger partial charge in [0.25, 0.3) is 0 Å². The van der Waals surface area contributed by atoms with Crippen molar-refractivity contribution in [3.8, 4) is 0 Å². The van der Waals surface area contributed by atoms with Crippen LogP contribution in [0.25, 0.3) is 0 Å². The van der Waals surface area contributed by atoms with Gasteiger partial charge in [0.1, 0.15) is 23.4 Å². The molecule has 0 amide bonds. The third-order valence-corrected chi connectivity index (χ3v) is 4.34. The molecular formula is C18H25N5O2. The summed E-state index contributed by atoms with van der Waals surface area (Å²) in [4.78, 5) is 23.5. The molecule has 25 heavy (non-hydrogen) atoms. The van der Waals surface area contributed by atoms with E-state index in [1.807, 2.05) is 33.8 Å². The average molecular weight is 343 g/mol. The molecule has 3 heterocycles. The van der Waals surface area contributed by atoms with Crippen molar-refractivity contribution >= 4 is 11.8 Å². The van der Waals surface area contributed by atoms with Gasteiger partial charge in [-0.2, -0.15) is 5.10 Å². The Morgan fingerprint density at radius 2 is 2.04 bits per heavy atom. The zero-order valence-electron chi connectivity index (χ0n) is 15.3. The summed E-state index contributed by atoms with van der Waals surface area (Å²) >= 11 is 0. The lowest BCUT2D eigenvalue weighted by Gasteiger charge is -2.33. The van der Waals surface area contributed by atoms with Gasteiger partial charge in [-0.3, -0.25) is 4.68 Å². The molecule has 1 atom stereocenters. The Morgan fingerprint density at radius 3 is 2.76 bits per heavy atom. The number of piperidine rings is 1. The highest BCUT2D eigenvalue weighted by atomic mass is 16.5. The number of esters is 1. The minimum atomic E-state index is -0.302. The molecule has 1 saturated heterocycles. The zero-order chi connectivity index (χ0) is 18.0. The van der Waals surface area contributed by atoms with E-state index < -0.39 is 0 Å². The van der Waals surface area contributed by atoms with Gasteiger partial charge in [-0.05, 0) is 46.6 Å². The number of aryl methyl sites for hydroxylation is 4. The fourth-order valence-electron chi connectivity index (χ4n) is 3.26. The summed E-state index contributed by atoms with van der Waals surface area (Å²) in [6.07, 6.45) is 1.69. The molecule has 1 unspecified atom stereocenters. The van der Waals surface area contributed by atoms with E-state index in [2.05, 4.69) is 20.0 Å². The Hall–Kier alpha value is -2.44. The molecule has 0 N–H and O–H groups in total. The van der Waals surface area contributed by atoms with Crippen LogP contribution in [0.4, 0.5) is 5.82 Å². The highest BCUT2D eigenvalue weighted by Crippen LogP contribution is 2.21. The Bertz CT molecular complexity index is 751. The lowest BCUT2D eigenvalue weighted by molar-refractivity contribution is 0.0255. The minimum absolute atomic E-state index is 0.141. The molecule has 0 aromatic carbocycles. The first-order valence-corrected chi connectivity index (χ1v) is 8.79. The number of hydrogen-bond donors (Lipinski definition) is 0. The summed E-state index contributed by atoms with van der Waals surface area (Å²) in [5.41, 5.74) is 2.29. The van der Waals surface area contributed by atoms with Crippen molar-refractivity contribution in [2.75, 3.05) is 18.0 Å². The van der Waals surface area contributed by atoms with Crippen LogP contribution in [0.15, 0.2) is 12.1 Å². The van der Waals surface area contributed by atoms with Gasteiger partial charge in [0.05, 0.1) is 12.2 Å². The van der Waals surface area contributed by atoms with Crippen molar-refractivity contribution in [2.24, 2.45) is 0 Å². The molecule has 2 aromatic rings. The average Bonchev–Trinajstić information content (AvgIpc) is 2.95. The van der Waals surface area contributed by atoms with Crippen LogP contribution >= 0.6 is 0 Å². The van der Waals surface area contributed by atoms with E-state index in [0.29, 0.717) is 18.8 Å². The molecule has 3 rings (SSSR count). The maximum Gasteiger partial charge on any atom is 0.356 e. The molecule has 2 aromatic heterocycles. The first-order chi connectivity index (χ1) is 12.0. The first kappa shape index (κ1) is 17.4. The second-order valence-electron chi connectivity index (χ2n) is 6.52. The van der Waals surface area contributed by atoms with Gasteiger partial charge >= 0.3 is 5.97 Å². The van der Waals surface area contributed by atoms with Crippen LogP contribution < -0.4 is 4.90 Å². The number of ether oxygens (including phenoxy) is 1. The number of carbonyl (C=O) groups is 1. The van der Waals surface area contributed by atoms with Gasteiger partial charge < -0.3 is 9.64 Å². The van der Waals surface area contributed by atoms with Crippen LogP contribution in [-0.2, 0) is 11.3 Å².